The fourth-order valence-electron chi connectivity index (χ4n) is 1.83. The maximum Gasteiger partial charge on any atom is 0.124 e. The summed E-state index contributed by atoms with van der Waals surface area (Å²) >= 11 is 7.49. The van der Waals surface area contributed by atoms with E-state index in [9.17, 15) is 4.39 Å². The second-order valence-electron chi connectivity index (χ2n) is 4.26. The average molecular weight is 312 g/mol. The Kier molecular flexibility index (Phi) is 5.29. The van der Waals surface area contributed by atoms with Gasteiger partial charge in [-0.1, -0.05) is 17.7 Å². The molecule has 0 aliphatic carbocycles. The number of methoxy groups -OCH3 is 1. The maximum absolute atomic E-state index is 13.1. The Bertz CT molecular complexity index is 594. The van der Waals surface area contributed by atoms with Crippen molar-refractivity contribution in [2.45, 2.75) is 10.9 Å². The lowest BCUT2D eigenvalue weighted by molar-refractivity contribution is 0.407. The van der Waals surface area contributed by atoms with Crippen molar-refractivity contribution in [1.82, 2.24) is 0 Å². The van der Waals surface area contributed by atoms with E-state index in [0.717, 1.165) is 10.5 Å². The van der Waals surface area contributed by atoms with Crippen LogP contribution in [0.1, 0.15) is 11.6 Å². The molecule has 0 heterocycles. The zero-order valence-electron chi connectivity index (χ0n) is 11.0. The van der Waals surface area contributed by atoms with Crippen molar-refractivity contribution in [3.8, 4) is 5.75 Å². The molecule has 0 aliphatic heterocycles. The summed E-state index contributed by atoms with van der Waals surface area (Å²) in [6.45, 7) is 0. The fraction of sp³-hybridized carbons (Fsp3) is 0.200. The number of nitrogens with two attached hydrogens (primary N) is 1. The van der Waals surface area contributed by atoms with E-state index in [0.29, 0.717) is 16.5 Å². The van der Waals surface area contributed by atoms with Gasteiger partial charge in [-0.25, -0.2) is 4.39 Å². The van der Waals surface area contributed by atoms with Gasteiger partial charge in [0.05, 0.1) is 7.11 Å². The zero-order chi connectivity index (χ0) is 14.5. The van der Waals surface area contributed by atoms with Crippen molar-refractivity contribution in [2.24, 2.45) is 5.73 Å². The number of halogens is 2. The van der Waals surface area contributed by atoms with E-state index >= 15 is 0 Å². The molecule has 106 valence electrons. The largest absolute Gasteiger partial charge is 0.496 e. The molecule has 20 heavy (non-hydrogen) atoms. The van der Waals surface area contributed by atoms with Crippen LogP contribution >= 0.6 is 23.4 Å². The molecule has 0 spiro atoms. The summed E-state index contributed by atoms with van der Waals surface area (Å²) in [6.07, 6.45) is 0. The lowest BCUT2D eigenvalue weighted by Crippen LogP contribution is -2.14. The molecule has 0 amide bonds. The molecule has 0 bridgehead atoms. The van der Waals surface area contributed by atoms with Crippen molar-refractivity contribution in [3.63, 3.8) is 0 Å². The van der Waals surface area contributed by atoms with Crippen molar-refractivity contribution in [1.29, 1.82) is 0 Å². The van der Waals surface area contributed by atoms with Crippen LogP contribution in [0.5, 0.6) is 5.75 Å². The van der Waals surface area contributed by atoms with Crippen LogP contribution in [0.25, 0.3) is 0 Å². The second-order valence-corrected chi connectivity index (χ2v) is 5.79. The molecule has 0 saturated heterocycles. The molecule has 1 unspecified atom stereocenters. The molecule has 2 aromatic rings. The van der Waals surface area contributed by atoms with Crippen LogP contribution < -0.4 is 10.5 Å². The highest BCUT2D eigenvalue weighted by molar-refractivity contribution is 7.99. The predicted molar refractivity (Wildman–Crippen MR) is 82.1 cm³/mol. The summed E-state index contributed by atoms with van der Waals surface area (Å²) in [5, 5.41) is 0.618. The van der Waals surface area contributed by atoms with Crippen molar-refractivity contribution in [2.75, 3.05) is 12.9 Å². The number of hydrogen-bond acceptors (Lipinski definition) is 3. The Morgan fingerprint density at radius 3 is 2.80 bits per heavy atom. The summed E-state index contributed by atoms with van der Waals surface area (Å²) in [6, 6.07) is 11.6. The highest BCUT2D eigenvalue weighted by atomic mass is 35.5. The number of rotatable bonds is 5. The van der Waals surface area contributed by atoms with Gasteiger partial charge in [0.2, 0.25) is 0 Å². The molecule has 0 saturated carbocycles. The minimum atomic E-state index is -0.246. The van der Waals surface area contributed by atoms with Gasteiger partial charge in [0, 0.05) is 27.3 Å². The van der Waals surface area contributed by atoms with Crippen molar-refractivity contribution in [3.05, 3.63) is 58.9 Å². The SMILES string of the molecule is COc1ccc(Cl)cc1C(N)CSc1cccc(F)c1. The van der Waals surface area contributed by atoms with Crippen LogP contribution in [0.15, 0.2) is 47.4 Å². The van der Waals surface area contributed by atoms with E-state index in [-0.39, 0.29) is 11.9 Å². The van der Waals surface area contributed by atoms with Gasteiger partial charge in [-0.05, 0) is 36.4 Å². The van der Waals surface area contributed by atoms with Gasteiger partial charge in [0.25, 0.3) is 0 Å². The van der Waals surface area contributed by atoms with Gasteiger partial charge in [0.15, 0.2) is 0 Å². The molecule has 2 nitrogen and oxygen atoms in total. The summed E-state index contributed by atoms with van der Waals surface area (Å²) in [7, 11) is 1.60. The first-order chi connectivity index (χ1) is 9.60. The monoisotopic (exact) mass is 311 g/mol. The van der Waals surface area contributed by atoms with Gasteiger partial charge in [0.1, 0.15) is 11.6 Å². The Hall–Kier alpha value is -1.23. The Morgan fingerprint density at radius 2 is 2.10 bits per heavy atom. The summed E-state index contributed by atoms with van der Waals surface area (Å²) in [5.74, 6) is 1.07. The van der Waals surface area contributed by atoms with Gasteiger partial charge < -0.3 is 10.5 Å². The number of thioether (sulfide) groups is 1. The minimum Gasteiger partial charge on any atom is -0.496 e. The van der Waals surface area contributed by atoms with E-state index in [2.05, 4.69) is 0 Å². The minimum absolute atomic E-state index is 0.239. The van der Waals surface area contributed by atoms with E-state index in [1.165, 1.54) is 23.9 Å². The molecule has 2 N–H and O–H groups in total. The van der Waals surface area contributed by atoms with Crippen LogP contribution in [-0.2, 0) is 0 Å². The molecule has 0 aromatic heterocycles. The first-order valence-corrected chi connectivity index (χ1v) is 7.44. The smallest absolute Gasteiger partial charge is 0.124 e. The highest BCUT2D eigenvalue weighted by Gasteiger charge is 2.13. The van der Waals surface area contributed by atoms with E-state index in [4.69, 9.17) is 22.1 Å². The standard InChI is InChI=1S/C15H15ClFNOS/c1-19-15-6-5-10(16)7-13(15)14(18)9-20-12-4-2-3-11(17)8-12/h2-8,14H,9,18H2,1H3. The van der Waals surface area contributed by atoms with Gasteiger partial charge >= 0.3 is 0 Å². The molecular formula is C15H15ClFNOS. The molecule has 1 atom stereocenters. The Morgan fingerprint density at radius 1 is 1.30 bits per heavy atom. The summed E-state index contributed by atoms with van der Waals surface area (Å²) in [5.41, 5.74) is 7.02. The summed E-state index contributed by atoms with van der Waals surface area (Å²) in [4.78, 5) is 0.849. The van der Waals surface area contributed by atoms with Crippen LogP contribution in [-0.4, -0.2) is 12.9 Å². The third-order valence-corrected chi connectivity index (χ3v) is 4.17. The van der Waals surface area contributed by atoms with Gasteiger partial charge in [-0.2, -0.15) is 0 Å². The van der Waals surface area contributed by atoms with Crippen LogP contribution in [0.3, 0.4) is 0 Å². The van der Waals surface area contributed by atoms with E-state index < -0.39 is 0 Å². The first-order valence-electron chi connectivity index (χ1n) is 6.07. The number of benzene rings is 2. The molecular weight excluding hydrogens is 297 g/mol. The van der Waals surface area contributed by atoms with Crippen LogP contribution in [0.2, 0.25) is 5.02 Å². The third-order valence-electron chi connectivity index (χ3n) is 2.82. The molecule has 0 radical (unpaired) electrons. The molecule has 0 aliphatic rings. The zero-order valence-corrected chi connectivity index (χ0v) is 12.5. The van der Waals surface area contributed by atoms with E-state index in [1.54, 1.807) is 31.4 Å². The van der Waals surface area contributed by atoms with Gasteiger partial charge in [-0.15, -0.1) is 11.8 Å². The molecule has 5 heteroatoms. The highest BCUT2D eigenvalue weighted by Crippen LogP contribution is 2.31. The quantitative estimate of drug-likeness (QED) is 0.837. The third kappa shape index (κ3) is 3.88. The Balaban J connectivity index is 2.08. The fourth-order valence-corrected chi connectivity index (χ4v) is 2.93. The van der Waals surface area contributed by atoms with Crippen LogP contribution in [0.4, 0.5) is 4.39 Å². The predicted octanol–water partition coefficient (Wildman–Crippen LogP) is 4.28. The molecule has 2 aromatic carbocycles. The van der Waals surface area contributed by atoms with Crippen molar-refractivity contribution < 1.29 is 9.13 Å². The molecule has 0 fully saturated rings. The number of ether oxygens (including phenoxy) is 1. The second kappa shape index (κ2) is 6.97. The summed E-state index contributed by atoms with van der Waals surface area (Å²) < 4.78 is 18.4. The van der Waals surface area contributed by atoms with Gasteiger partial charge in [-0.3, -0.25) is 0 Å². The van der Waals surface area contributed by atoms with E-state index in [1.807, 2.05) is 6.07 Å². The Labute approximate surface area is 127 Å². The first kappa shape index (κ1) is 15.2. The molecule has 2 rings (SSSR count). The average Bonchev–Trinajstić information content (AvgIpc) is 2.45. The maximum atomic E-state index is 13.1. The normalized spacial score (nSPS) is 12.2. The van der Waals surface area contributed by atoms with Crippen LogP contribution in [0, 0.1) is 5.82 Å². The topological polar surface area (TPSA) is 35.2 Å². The lowest BCUT2D eigenvalue weighted by Gasteiger charge is -2.15. The lowest BCUT2D eigenvalue weighted by atomic mass is 10.1. The number of hydrogen-bond donors (Lipinski definition) is 1. The van der Waals surface area contributed by atoms with Crippen molar-refractivity contribution >= 4 is 23.4 Å².